The van der Waals surface area contributed by atoms with E-state index in [4.69, 9.17) is 19.3 Å². The highest BCUT2D eigenvalue weighted by Crippen LogP contribution is 2.50. The first-order valence-corrected chi connectivity index (χ1v) is 12.8. The van der Waals surface area contributed by atoms with Crippen LogP contribution in [0.2, 0.25) is 0 Å². The van der Waals surface area contributed by atoms with Crippen LogP contribution >= 0.6 is 0 Å². The van der Waals surface area contributed by atoms with Crippen molar-refractivity contribution >= 4 is 12.0 Å². The SMILES string of the molecule is COc1ccc(C=CC(=O)O)cc1-c1cc2c(cc1OCCN1CCOCC1)C(C)(C)CCC2(C)C. The molecule has 0 spiro atoms. The topological polar surface area (TPSA) is 68.2 Å². The number of carboxylic acids is 1. The second-order valence-electron chi connectivity index (χ2n) is 11.1. The van der Waals surface area contributed by atoms with Crippen LogP contribution in [0.5, 0.6) is 11.5 Å². The molecule has 1 N–H and O–H groups in total. The van der Waals surface area contributed by atoms with Crippen LogP contribution in [0.1, 0.15) is 57.2 Å². The average molecular weight is 494 g/mol. The summed E-state index contributed by atoms with van der Waals surface area (Å²) in [5.74, 6) is 0.594. The minimum atomic E-state index is -0.975. The van der Waals surface area contributed by atoms with Gasteiger partial charge in [0.15, 0.2) is 0 Å². The maximum Gasteiger partial charge on any atom is 0.328 e. The van der Waals surface area contributed by atoms with E-state index >= 15 is 0 Å². The summed E-state index contributed by atoms with van der Waals surface area (Å²) >= 11 is 0. The van der Waals surface area contributed by atoms with Crippen molar-refractivity contribution in [3.63, 3.8) is 0 Å². The van der Waals surface area contributed by atoms with Crippen LogP contribution in [-0.4, -0.2) is 62.5 Å². The van der Waals surface area contributed by atoms with Gasteiger partial charge in [-0.25, -0.2) is 4.79 Å². The molecular formula is C30H39NO5. The molecule has 1 aliphatic heterocycles. The number of nitrogens with zero attached hydrogens (tertiary/aromatic N) is 1. The lowest BCUT2D eigenvalue weighted by molar-refractivity contribution is -0.131. The fourth-order valence-electron chi connectivity index (χ4n) is 5.24. The molecule has 0 amide bonds. The van der Waals surface area contributed by atoms with Crippen LogP contribution in [0.4, 0.5) is 0 Å². The molecule has 0 unspecified atom stereocenters. The van der Waals surface area contributed by atoms with Gasteiger partial charge >= 0.3 is 5.97 Å². The van der Waals surface area contributed by atoms with Crippen molar-refractivity contribution in [2.24, 2.45) is 0 Å². The van der Waals surface area contributed by atoms with Crippen LogP contribution < -0.4 is 9.47 Å². The Morgan fingerprint density at radius 2 is 1.64 bits per heavy atom. The van der Waals surface area contributed by atoms with Crippen LogP contribution in [0, 0.1) is 0 Å². The maximum atomic E-state index is 11.1. The third kappa shape index (κ3) is 5.76. The summed E-state index contributed by atoms with van der Waals surface area (Å²) in [6.07, 6.45) is 5.00. The van der Waals surface area contributed by atoms with Gasteiger partial charge in [-0.3, -0.25) is 4.90 Å². The predicted octanol–water partition coefficient (Wildman–Crippen LogP) is 5.52. The molecule has 1 heterocycles. The van der Waals surface area contributed by atoms with Crippen LogP contribution in [-0.2, 0) is 20.4 Å². The van der Waals surface area contributed by atoms with Crippen molar-refractivity contribution in [3.8, 4) is 22.6 Å². The smallest absolute Gasteiger partial charge is 0.328 e. The highest BCUT2D eigenvalue weighted by molar-refractivity contribution is 5.86. The summed E-state index contributed by atoms with van der Waals surface area (Å²) < 4.78 is 17.7. The van der Waals surface area contributed by atoms with Gasteiger partial charge in [0.25, 0.3) is 0 Å². The molecule has 0 saturated carbocycles. The molecule has 6 nitrogen and oxygen atoms in total. The molecule has 4 rings (SSSR count). The average Bonchev–Trinajstić information content (AvgIpc) is 2.86. The maximum absolute atomic E-state index is 11.1. The molecular weight excluding hydrogens is 454 g/mol. The van der Waals surface area contributed by atoms with Crippen molar-refractivity contribution in [1.82, 2.24) is 4.90 Å². The molecule has 1 fully saturated rings. The number of methoxy groups -OCH3 is 1. The Morgan fingerprint density at radius 3 is 2.28 bits per heavy atom. The van der Waals surface area contributed by atoms with Gasteiger partial charge in [-0.2, -0.15) is 0 Å². The molecule has 0 atom stereocenters. The molecule has 2 aliphatic rings. The monoisotopic (exact) mass is 493 g/mol. The lowest BCUT2D eigenvalue weighted by atomic mass is 9.62. The molecule has 36 heavy (non-hydrogen) atoms. The highest BCUT2D eigenvalue weighted by atomic mass is 16.5. The van der Waals surface area contributed by atoms with E-state index in [2.05, 4.69) is 44.7 Å². The number of morpholine rings is 1. The lowest BCUT2D eigenvalue weighted by Crippen LogP contribution is -2.38. The van der Waals surface area contributed by atoms with E-state index in [1.807, 2.05) is 18.2 Å². The minimum Gasteiger partial charge on any atom is -0.496 e. The molecule has 1 aliphatic carbocycles. The number of ether oxygens (including phenoxy) is 3. The van der Waals surface area contributed by atoms with E-state index in [0.29, 0.717) is 6.61 Å². The Balaban J connectivity index is 1.80. The fourth-order valence-corrected chi connectivity index (χ4v) is 5.24. The van der Waals surface area contributed by atoms with Gasteiger partial charge in [0.1, 0.15) is 18.1 Å². The molecule has 2 aromatic rings. The molecule has 1 saturated heterocycles. The number of carboxylic acid groups (broad SMARTS) is 1. The van der Waals surface area contributed by atoms with E-state index in [0.717, 1.165) is 80.0 Å². The number of rotatable bonds is 8. The summed E-state index contributed by atoms with van der Waals surface area (Å²) in [4.78, 5) is 13.5. The number of hydrogen-bond donors (Lipinski definition) is 1. The summed E-state index contributed by atoms with van der Waals surface area (Å²) in [6, 6.07) is 10.3. The molecule has 194 valence electrons. The largest absolute Gasteiger partial charge is 0.496 e. The van der Waals surface area contributed by atoms with Crippen molar-refractivity contribution in [2.75, 3.05) is 46.6 Å². The van der Waals surface area contributed by atoms with Crippen molar-refractivity contribution in [2.45, 2.75) is 51.4 Å². The second kappa shape index (κ2) is 10.7. The Bertz CT molecular complexity index is 1130. The van der Waals surface area contributed by atoms with Gasteiger partial charge in [-0.05, 0) is 70.7 Å². The zero-order chi connectivity index (χ0) is 25.9. The number of hydrogen-bond acceptors (Lipinski definition) is 5. The summed E-state index contributed by atoms with van der Waals surface area (Å²) in [5.41, 5.74) is 5.44. The van der Waals surface area contributed by atoms with Gasteiger partial charge in [-0.1, -0.05) is 33.8 Å². The Labute approximate surface area is 214 Å². The van der Waals surface area contributed by atoms with Crippen molar-refractivity contribution in [3.05, 3.63) is 53.1 Å². The Hall–Kier alpha value is -2.83. The predicted molar refractivity (Wildman–Crippen MR) is 143 cm³/mol. The Kier molecular flexibility index (Phi) is 7.76. The third-order valence-corrected chi connectivity index (χ3v) is 7.65. The van der Waals surface area contributed by atoms with E-state index in [1.54, 1.807) is 13.2 Å². The zero-order valence-electron chi connectivity index (χ0n) is 22.2. The first-order valence-electron chi connectivity index (χ1n) is 12.8. The third-order valence-electron chi connectivity index (χ3n) is 7.65. The number of aliphatic carboxylic acids is 1. The lowest BCUT2D eigenvalue weighted by Gasteiger charge is -2.42. The van der Waals surface area contributed by atoms with E-state index < -0.39 is 5.97 Å². The Morgan fingerprint density at radius 1 is 1.00 bits per heavy atom. The summed E-state index contributed by atoms with van der Waals surface area (Å²) in [5, 5.41) is 9.11. The van der Waals surface area contributed by atoms with Gasteiger partial charge in [0, 0.05) is 36.8 Å². The van der Waals surface area contributed by atoms with Crippen molar-refractivity contribution < 1.29 is 24.1 Å². The minimum absolute atomic E-state index is 0.0417. The summed E-state index contributed by atoms with van der Waals surface area (Å²) in [7, 11) is 1.66. The van der Waals surface area contributed by atoms with Gasteiger partial charge < -0.3 is 19.3 Å². The van der Waals surface area contributed by atoms with Crippen LogP contribution in [0.25, 0.3) is 17.2 Å². The molecule has 0 bridgehead atoms. The van der Waals surface area contributed by atoms with Crippen molar-refractivity contribution in [1.29, 1.82) is 0 Å². The fraction of sp³-hybridized carbons (Fsp3) is 0.500. The second-order valence-corrected chi connectivity index (χ2v) is 11.1. The van der Waals surface area contributed by atoms with E-state index in [1.165, 1.54) is 11.1 Å². The summed E-state index contributed by atoms with van der Waals surface area (Å²) in [6.45, 7) is 14.1. The quantitative estimate of drug-likeness (QED) is 0.489. The number of carbonyl (C=O) groups is 1. The first kappa shape index (κ1) is 26.2. The molecule has 0 radical (unpaired) electrons. The molecule has 0 aromatic heterocycles. The highest BCUT2D eigenvalue weighted by Gasteiger charge is 2.38. The van der Waals surface area contributed by atoms with E-state index in [-0.39, 0.29) is 10.8 Å². The number of benzene rings is 2. The standard InChI is InChI=1S/C30H39NO5/c1-29(2)10-11-30(3,4)25-20-27(36-17-14-31-12-15-35-16-13-31)23(19-24(25)29)22-18-21(7-9-28(32)33)6-8-26(22)34-5/h6-9,18-20H,10-17H2,1-5H3,(H,32,33). The van der Waals surface area contributed by atoms with Crippen LogP contribution in [0.3, 0.4) is 0 Å². The molecule has 6 heteroatoms. The molecule has 2 aromatic carbocycles. The zero-order valence-corrected chi connectivity index (χ0v) is 22.2. The van der Waals surface area contributed by atoms with Gasteiger partial charge in [-0.15, -0.1) is 0 Å². The van der Waals surface area contributed by atoms with Gasteiger partial charge in [0.2, 0.25) is 0 Å². The normalized spacial score (nSPS) is 19.1. The van der Waals surface area contributed by atoms with E-state index in [9.17, 15) is 4.79 Å². The number of fused-ring (bicyclic) bond motifs is 1. The first-order chi connectivity index (χ1) is 17.1. The van der Waals surface area contributed by atoms with Crippen LogP contribution in [0.15, 0.2) is 36.4 Å². The van der Waals surface area contributed by atoms with Gasteiger partial charge in [0.05, 0.1) is 20.3 Å².